The lowest BCUT2D eigenvalue weighted by atomic mass is 10.1. The molecular weight excluding hydrogens is 306 g/mol. The Morgan fingerprint density at radius 3 is 2.86 bits per heavy atom. The van der Waals surface area contributed by atoms with Gasteiger partial charge in [-0.3, -0.25) is 4.90 Å². The van der Waals surface area contributed by atoms with Crippen molar-refractivity contribution in [1.82, 2.24) is 4.90 Å². The van der Waals surface area contributed by atoms with Gasteiger partial charge in [0, 0.05) is 35.6 Å². The molecule has 1 aromatic heterocycles. The Labute approximate surface area is 133 Å². The van der Waals surface area contributed by atoms with Gasteiger partial charge in [0.2, 0.25) is 5.76 Å². The number of rotatable bonds is 4. The second-order valence-corrected chi connectivity index (χ2v) is 5.60. The summed E-state index contributed by atoms with van der Waals surface area (Å²) in [4.78, 5) is 14.4. The number of carbonyl (C=O) groups excluding carboxylic acids is 1. The normalized spacial score (nSPS) is 16.1. The van der Waals surface area contributed by atoms with Crippen LogP contribution in [0, 0.1) is 0 Å². The van der Waals surface area contributed by atoms with Crippen LogP contribution in [0.1, 0.15) is 23.0 Å². The van der Waals surface area contributed by atoms with Crippen LogP contribution in [-0.4, -0.2) is 43.8 Å². The van der Waals surface area contributed by atoms with E-state index in [0.717, 1.165) is 24.0 Å². The maximum Gasteiger partial charge on any atom is 0.374 e. The van der Waals surface area contributed by atoms with E-state index >= 15 is 0 Å². The molecule has 0 radical (unpaired) electrons. The molecule has 0 saturated carbocycles. The summed E-state index contributed by atoms with van der Waals surface area (Å²) in [6.07, 6.45) is 0. The van der Waals surface area contributed by atoms with Gasteiger partial charge in [-0.25, -0.2) is 4.79 Å². The molecule has 118 valence electrons. The highest BCUT2D eigenvalue weighted by molar-refractivity contribution is 6.31. The minimum Gasteiger partial charge on any atom is -0.460 e. The lowest BCUT2D eigenvalue weighted by molar-refractivity contribution is 0.0334. The first-order valence-electron chi connectivity index (χ1n) is 7.37. The number of hydrogen-bond donors (Lipinski definition) is 0. The summed E-state index contributed by atoms with van der Waals surface area (Å²) in [6.45, 7) is 5.76. The number of ether oxygens (including phenoxy) is 2. The largest absolute Gasteiger partial charge is 0.460 e. The smallest absolute Gasteiger partial charge is 0.374 e. The predicted octanol–water partition coefficient (Wildman–Crippen LogP) is 3.10. The number of esters is 1. The number of halogens is 1. The Morgan fingerprint density at radius 2 is 2.14 bits per heavy atom. The fourth-order valence-electron chi connectivity index (χ4n) is 2.62. The highest BCUT2D eigenvalue weighted by Crippen LogP contribution is 2.30. The van der Waals surface area contributed by atoms with Gasteiger partial charge < -0.3 is 13.9 Å². The maximum absolute atomic E-state index is 12.2. The lowest BCUT2D eigenvalue weighted by Crippen LogP contribution is -2.36. The molecule has 22 heavy (non-hydrogen) atoms. The Kier molecular flexibility index (Phi) is 4.66. The standard InChI is InChI=1S/C16H18ClNO4/c1-2-21-16(19)15-13(10-18-5-7-20-8-6-18)12-9-11(17)3-4-14(12)22-15/h3-4,9H,2,5-8,10H2,1H3. The van der Waals surface area contributed by atoms with E-state index in [1.54, 1.807) is 19.1 Å². The lowest BCUT2D eigenvalue weighted by Gasteiger charge is -2.26. The van der Waals surface area contributed by atoms with E-state index in [0.29, 0.717) is 37.0 Å². The minimum atomic E-state index is -0.432. The van der Waals surface area contributed by atoms with Gasteiger partial charge in [0.25, 0.3) is 0 Å². The molecular formula is C16H18ClNO4. The average Bonchev–Trinajstić information content (AvgIpc) is 2.87. The molecule has 5 nitrogen and oxygen atoms in total. The molecule has 0 atom stereocenters. The van der Waals surface area contributed by atoms with E-state index in [2.05, 4.69) is 4.90 Å². The fraction of sp³-hybridized carbons (Fsp3) is 0.438. The van der Waals surface area contributed by atoms with E-state index in [4.69, 9.17) is 25.5 Å². The number of morpholine rings is 1. The molecule has 3 rings (SSSR count). The summed E-state index contributed by atoms with van der Waals surface area (Å²) in [5.74, 6) is -0.163. The number of carbonyl (C=O) groups is 1. The van der Waals surface area contributed by atoms with E-state index in [1.165, 1.54) is 0 Å². The van der Waals surface area contributed by atoms with E-state index in [9.17, 15) is 4.79 Å². The van der Waals surface area contributed by atoms with Crippen LogP contribution in [0.15, 0.2) is 22.6 Å². The zero-order chi connectivity index (χ0) is 15.5. The zero-order valence-electron chi connectivity index (χ0n) is 12.4. The third-order valence-corrected chi connectivity index (χ3v) is 3.93. The van der Waals surface area contributed by atoms with Crippen LogP contribution in [0.4, 0.5) is 0 Å². The van der Waals surface area contributed by atoms with Crippen molar-refractivity contribution in [3.63, 3.8) is 0 Å². The van der Waals surface area contributed by atoms with E-state index in [-0.39, 0.29) is 5.76 Å². The van der Waals surface area contributed by atoms with E-state index < -0.39 is 5.97 Å². The van der Waals surface area contributed by atoms with Crippen LogP contribution >= 0.6 is 11.6 Å². The summed E-state index contributed by atoms with van der Waals surface area (Å²) in [7, 11) is 0. The SMILES string of the molecule is CCOC(=O)c1oc2ccc(Cl)cc2c1CN1CCOCC1. The number of fused-ring (bicyclic) bond motifs is 1. The number of benzene rings is 1. The summed E-state index contributed by atoms with van der Waals surface area (Å²) in [5, 5.41) is 1.48. The number of nitrogens with zero attached hydrogens (tertiary/aromatic N) is 1. The van der Waals surface area contributed by atoms with Crippen molar-refractivity contribution in [2.24, 2.45) is 0 Å². The van der Waals surface area contributed by atoms with E-state index in [1.807, 2.05) is 6.07 Å². The van der Waals surface area contributed by atoms with Crippen LogP contribution in [0.5, 0.6) is 0 Å². The summed E-state index contributed by atoms with van der Waals surface area (Å²) >= 11 is 6.09. The summed E-state index contributed by atoms with van der Waals surface area (Å²) < 4.78 is 16.2. The predicted molar refractivity (Wildman–Crippen MR) is 83.3 cm³/mol. The van der Waals surface area contributed by atoms with Crippen molar-refractivity contribution in [2.45, 2.75) is 13.5 Å². The molecule has 1 fully saturated rings. The van der Waals surface area contributed by atoms with Gasteiger partial charge >= 0.3 is 5.97 Å². The highest BCUT2D eigenvalue weighted by atomic mass is 35.5. The van der Waals surface area contributed by atoms with Gasteiger partial charge in [-0.2, -0.15) is 0 Å². The quantitative estimate of drug-likeness (QED) is 0.809. The molecule has 1 aromatic carbocycles. The fourth-order valence-corrected chi connectivity index (χ4v) is 2.79. The molecule has 6 heteroatoms. The first-order chi connectivity index (χ1) is 10.7. The Hall–Kier alpha value is -1.56. The minimum absolute atomic E-state index is 0.269. The monoisotopic (exact) mass is 323 g/mol. The van der Waals surface area contributed by atoms with Gasteiger partial charge in [0.1, 0.15) is 5.58 Å². The second kappa shape index (κ2) is 6.69. The second-order valence-electron chi connectivity index (χ2n) is 5.16. The third-order valence-electron chi connectivity index (χ3n) is 3.70. The third kappa shape index (κ3) is 3.11. The van der Waals surface area contributed by atoms with Crippen LogP contribution < -0.4 is 0 Å². The Bertz CT molecular complexity index is 676. The molecule has 1 aliphatic heterocycles. The van der Waals surface area contributed by atoms with Crippen LogP contribution in [0.3, 0.4) is 0 Å². The molecule has 0 unspecified atom stereocenters. The summed E-state index contributed by atoms with van der Waals surface area (Å²) in [5.41, 5.74) is 1.48. The molecule has 0 aliphatic carbocycles. The number of hydrogen-bond acceptors (Lipinski definition) is 5. The topological polar surface area (TPSA) is 51.9 Å². The molecule has 2 heterocycles. The summed E-state index contributed by atoms with van der Waals surface area (Å²) in [6, 6.07) is 5.36. The highest BCUT2D eigenvalue weighted by Gasteiger charge is 2.24. The molecule has 0 spiro atoms. The molecule has 1 aliphatic rings. The van der Waals surface area contributed by atoms with Gasteiger partial charge in [0.15, 0.2) is 0 Å². The first-order valence-corrected chi connectivity index (χ1v) is 7.75. The average molecular weight is 324 g/mol. The van der Waals surface area contributed by atoms with Gasteiger partial charge in [-0.1, -0.05) is 11.6 Å². The molecule has 0 bridgehead atoms. The molecule has 2 aromatic rings. The van der Waals surface area contributed by atoms with Crippen molar-refractivity contribution < 1.29 is 18.7 Å². The van der Waals surface area contributed by atoms with Crippen molar-refractivity contribution in [1.29, 1.82) is 0 Å². The Morgan fingerprint density at radius 1 is 1.36 bits per heavy atom. The van der Waals surface area contributed by atoms with Crippen molar-refractivity contribution in [2.75, 3.05) is 32.9 Å². The maximum atomic E-state index is 12.2. The van der Waals surface area contributed by atoms with Gasteiger partial charge in [-0.05, 0) is 25.1 Å². The van der Waals surface area contributed by atoms with Crippen molar-refractivity contribution in [3.05, 3.63) is 34.5 Å². The molecule has 0 N–H and O–H groups in total. The zero-order valence-corrected chi connectivity index (χ0v) is 13.2. The molecule has 1 saturated heterocycles. The van der Waals surface area contributed by atoms with Gasteiger partial charge in [0.05, 0.1) is 19.8 Å². The first kappa shape index (κ1) is 15.3. The van der Waals surface area contributed by atoms with Crippen LogP contribution in [0.25, 0.3) is 11.0 Å². The van der Waals surface area contributed by atoms with Gasteiger partial charge in [-0.15, -0.1) is 0 Å². The Balaban J connectivity index is 2.00. The molecule has 0 amide bonds. The van der Waals surface area contributed by atoms with Crippen LogP contribution in [0.2, 0.25) is 5.02 Å². The van der Waals surface area contributed by atoms with Crippen molar-refractivity contribution in [3.8, 4) is 0 Å². The van der Waals surface area contributed by atoms with Crippen LogP contribution in [-0.2, 0) is 16.0 Å². The number of furan rings is 1. The van der Waals surface area contributed by atoms with Crippen molar-refractivity contribution >= 4 is 28.5 Å².